The Morgan fingerprint density at radius 2 is 1.67 bits per heavy atom. The number of nitrogens with zero attached hydrogens (tertiary/aromatic N) is 1. The Labute approximate surface area is 139 Å². The maximum atomic E-state index is 12.9. The second kappa shape index (κ2) is 6.55. The first kappa shape index (κ1) is 17.8. The molecule has 0 aliphatic carbocycles. The molecule has 1 amide bonds. The van der Waals surface area contributed by atoms with Crippen LogP contribution in [0.3, 0.4) is 0 Å². The van der Waals surface area contributed by atoms with E-state index in [1.807, 2.05) is 19.9 Å². The van der Waals surface area contributed by atoms with Crippen LogP contribution in [0.25, 0.3) is 0 Å². The van der Waals surface area contributed by atoms with Crippen LogP contribution >= 0.6 is 0 Å². The van der Waals surface area contributed by atoms with Crippen LogP contribution in [0.4, 0.5) is 24.5 Å². The molecule has 128 valence electrons. The number of halogens is 3. The molecule has 0 spiro atoms. The number of nitrogens with one attached hydrogen (secondary N) is 1. The Morgan fingerprint density at radius 1 is 1.00 bits per heavy atom. The quantitative estimate of drug-likeness (QED) is 0.885. The summed E-state index contributed by atoms with van der Waals surface area (Å²) in [5.74, 6) is -0.444. The van der Waals surface area contributed by atoms with Gasteiger partial charge in [-0.25, -0.2) is 0 Å². The zero-order chi connectivity index (χ0) is 18.1. The zero-order valence-corrected chi connectivity index (χ0v) is 14.0. The number of aryl methyl sites for hydroxylation is 2. The van der Waals surface area contributed by atoms with Gasteiger partial charge in [0.25, 0.3) is 5.91 Å². The maximum absolute atomic E-state index is 12.9. The second-order valence-electron chi connectivity index (χ2n) is 5.88. The van der Waals surface area contributed by atoms with Crippen LogP contribution in [0, 0.1) is 13.8 Å². The van der Waals surface area contributed by atoms with E-state index < -0.39 is 17.6 Å². The number of carbonyl (C=O) groups is 1. The van der Waals surface area contributed by atoms with Crippen molar-refractivity contribution in [3.05, 3.63) is 58.7 Å². The molecule has 0 heterocycles. The summed E-state index contributed by atoms with van der Waals surface area (Å²) in [6.07, 6.45) is -4.47. The van der Waals surface area contributed by atoms with E-state index in [0.29, 0.717) is 11.3 Å². The van der Waals surface area contributed by atoms with Crippen molar-refractivity contribution in [2.45, 2.75) is 20.0 Å². The van der Waals surface area contributed by atoms with E-state index in [1.165, 1.54) is 6.07 Å². The highest BCUT2D eigenvalue weighted by Crippen LogP contribution is 2.35. The molecule has 0 saturated carbocycles. The third kappa shape index (κ3) is 3.88. The highest BCUT2D eigenvalue weighted by atomic mass is 19.4. The summed E-state index contributed by atoms with van der Waals surface area (Å²) < 4.78 is 38.8. The fraction of sp³-hybridized carbons (Fsp3) is 0.278. The highest BCUT2D eigenvalue weighted by molar-refractivity contribution is 6.06. The number of hydrogen-bond acceptors (Lipinski definition) is 2. The smallest absolute Gasteiger partial charge is 0.376 e. The number of rotatable bonds is 3. The topological polar surface area (TPSA) is 32.3 Å². The molecule has 0 unspecified atom stereocenters. The molecule has 0 aromatic heterocycles. The van der Waals surface area contributed by atoms with E-state index in [2.05, 4.69) is 5.32 Å². The summed E-state index contributed by atoms with van der Waals surface area (Å²) in [5, 5.41) is 2.59. The van der Waals surface area contributed by atoms with Crippen molar-refractivity contribution in [3.8, 4) is 0 Å². The standard InChI is InChI=1S/C18H19F3N2O/c1-11-5-6-13(9-12(11)2)17(24)22-15-10-14(18(19,20)21)7-8-16(15)23(3)4/h5-10H,1-4H3,(H,22,24). The summed E-state index contributed by atoms with van der Waals surface area (Å²) in [7, 11) is 3.41. The van der Waals surface area contributed by atoms with Crippen LogP contribution in [0.2, 0.25) is 0 Å². The van der Waals surface area contributed by atoms with Crippen molar-refractivity contribution >= 4 is 17.3 Å². The lowest BCUT2D eigenvalue weighted by atomic mass is 10.1. The monoisotopic (exact) mass is 336 g/mol. The molecule has 3 nitrogen and oxygen atoms in total. The minimum Gasteiger partial charge on any atom is -0.376 e. The fourth-order valence-corrected chi connectivity index (χ4v) is 2.28. The highest BCUT2D eigenvalue weighted by Gasteiger charge is 2.31. The van der Waals surface area contributed by atoms with E-state index in [0.717, 1.165) is 23.3 Å². The number of anilines is 2. The Kier molecular flexibility index (Phi) is 4.87. The lowest BCUT2D eigenvalue weighted by Crippen LogP contribution is -2.18. The number of carbonyl (C=O) groups excluding carboxylic acids is 1. The third-order valence-corrected chi connectivity index (χ3v) is 3.82. The van der Waals surface area contributed by atoms with E-state index in [4.69, 9.17) is 0 Å². The summed E-state index contributed by atoms with van der Waals surface area (Å²) in [6, 6.07) is 8.48. The normalized spacial score (nSPS) is 11.3. The molecule has 2 rings (SSSR count). The van der Waals surface area contributed by atoms with Crippen LogP contribution in [0.15, 0.2) is 36.4 Å². The average Bonchev–Trinajstić information content (AvgIpc) is 2.48. The number of amides is 1. The minimum absolute atomic E-state index is 0.123. The summed E-state index contributed by atoms with van der Waals surface area (Å²) in [4.78, 5) is 14.1. The zero-order valence-electron chi connectivity index (χ0n) is 14.0. The summed E-state index contributed by atoms with van der Waals surface area (Å²) in [6.45, 7) is 3.80. The Hall–Kier alpha value is -2.50. The van der Waals surface area contributed by atoms with Crippen molar-refractivity contribution in [1.29, 1.82) is 0 Å². The second-order valence-corrected chi connectivity index (χ2v) is 5.88. The molecule has 0 aliphatic rings. The van der Waals surface area contributed by atoms with Crippen molar-refractivity contribution in [1.82, 2.24) is 0 Å². The van der Waals surface area contributed by atoms with Crippen molar-refractivity contribution < 1.29 is 18.0 Å². The predicted octanol–water partition coefficient (Wildman–Crippen LogP) is 4.64. The van der Waals surface area contributed by atoms with Gasteiger partial charge in [-0.1, -0.05) is 6.07 Å². The first-order chi connectivity index (χ1) is 11.1. The van der Waals surface area contributed by atoms with Crippen LogP contribution in [0.5, 0.6) is 0 Å². The van der Waals surface area contributed by atoms with E-state index >= 15 is 0 Å². The first-order valence-corrected chi connectivity index (χ1v) is 7.37. The SMILES string of the molecule is Cc1ccc(C(=O)Nc2cc(C(F)(F)F)ccc2N(C)C)cc1C. The number of alkyl halides is 3. The molecule has 0 fully saturated rings. The Balaban J connectivity index is 2.39. The predicted molar refractivity (Wildman–Crippen MR) is 89.6 cm³/mol. The number of benzene rings is 2. The number of hydrogen-bond donors (Lipinski definition) is 1. The van der Waals surface area contributed by atoms with Gasteiger partial charge in [0.1, 0.15) is 0 Å². The van der Waals surface area contributed by atoms with E-state index in [9.17, 15) is 18.0 Å². The molecule has 0 aliphatic heterocycles. The Morgan fingerprint density at radius 3 is 2.21 bits per heavy atom. The molecular formula is C18H19F3N2O. The molecular weight excluding hydrogens is 317 g/mol. The van der Waals surface area contributed by atoms with Crippen molar-refractivity contribution in [2.75, 3.05) is 24.3 Å². The van der Waals surface area contributed by atoms with Gasteiger partial charge in [0.15, 0.2) is 0 Å². The van der Waals surface area contributed by atoms with E-state index in [-0.39, 0.29) is 5.69 Å². The molecule has 0 saturated heterocycles. The van der Waals surface area contributed by atoms with Gasteiger partial charge in [-0.15, -0.1) is 0 Å². The van der Waals surface area contributed by atoms with Crippen LogP contribution < -0.4 is 10.2 Å². The van der Waals surface area contributed by atoms with Crippen LogP contribution in [-0.2, 0) is 6.18 Å². The third-order valence-electron chi connectivity index (χ3n) is 3.82. The molecule has 0 atom stereocenters. The Bertz CT molecular complexity index is 767. The molecule has 1 N–H and O–H groups in total. The first-order valence-electron chi connectivity index (χ1n) is 7.37. The van der Waals surface area contributed by atoms with Gasteiger partial charge >= 0.3 is 6.18 Å². The summed E-state index contributed by atoms with van der Waals surface area (Å²) >= 11 is 0. The van der Waals surface area contributed by atoms with Gasteiger partial charge in [0, 0.05) is 19.7 Å². The average molecular weight is 336 g/mol. The fourth-order valence-electron chi connectivity index (χ4n) is 2.28. The van der Waals surface area contributed by atoms with Gasteiger partial charge < -0.3 is 10.2 Å². The van der Waals surface area contributed by atoms with Gasteiger partial charge in [0.05, 0.1) is 16.9 Å². The van der Waals surface area contributed by atoms with Crippen molar-refractivity contribution in [2.24, 2.45) is 0 Å². The minimum atomic E-state index is -4.47. The van der Waals surface area contributed by atoms with Crippen molar-refractivity contribution in [3.63, 3.8) is 0 Å². The molecule has 0 bridgehead atoms. The van der Waals surface area contributed by atoms with E-state index in [1.54, 1.807) is 31.1 Å². The molecule has 2 aromatic rings. The van der Waals surface area contributed by atoms with Crippen LogP contribution in [-0.4, -0.2) is 20.0 Å². The summed E-state index contributed by atoms with van der Waals surface area (Å²) in [5.41, 5.74) is 2.21. The lowest BCUT2D eigenvalue weighted by molar-refractivity contribution is -0.137. The van der Waals surface area contributed by atoms with Gasteiger partial charge in [-0.05, 0) is 55.3 Å². The molecule has 0 radical (unpaired) electrons. The molecule has 2 aromatic carbocycles. The molecule has 24 heavy (non-hydrogen) atoms. The molecule has 6 heteroatoms. The van der Waals surface area contributed by atoms with Gasteiger partial charge in [0.2, 0.25) is 0 Å². The maximum Gasteiger partial charge on any atom is 0.416 e. The van der Waals surface area contributed by atoms with Gasteiger partial charge in [-0.2, -0.15) is 13.2 Å². The van der Waals surface area contributed by atoms with Gasteiger partial charge in [-0.3, -0.25) is 4.79 Å². The lowest BCUT2D eigenvalue weighted by Gasteiger charge is -2.20. The largest absolute Gasteiger partial charge is 0.416 e. The van der Waals surface area contributed by atoms with Crippen LogP contribution in [0.1, 0.15) is 27.0 Å².